The van der Waals surface area contributed by atoms with Crippen LogP contribution in [0.15, 0.2) is 35.0 Å². The molecule has 1 aliphatic rings. The number of hydrogen-bond acceptors (Lipinski definition) is 8. The van der Waals surface area contributed by atoms with Gasteiger partial charge in [-0.25, -0.2) is 14.4 Å². The summed E-state index contributed by atoms with van der Waals surface area (Å²) in [6.45, 7) is 5.57. The van der Waals surface area contributed by atoms with Gasteiger partial charge in [0.15, 0.2) is 11.6 Å². The third kappa shape index (κ3) is 3.66. The van der Waals surface area contributed by atoms with Crippen molar-refractivity contribution in [1.29, 1.82) is 0 Å². The number of benzene rings is 1. The number of nitrogens with zero attached hydrogens (tertiary/aromatic N) is 6. The van der Waals surface area contributed by atoms with Crippen molar-refractivity contribution in [2.24, 2.45) is 0 Å². The van der Waals surface area contributed by atoms with Crippen molar-refractivity contribution in [3.05, 3.63) is 59.1 Å². The number of ether oxygens (including phenoxy) is 2. The lowest BCUT2D eigenvalue weighted by atomic mass is 10.1. The topological polar surface area (TPSA) is 101 Å². The van der Waals surface area contributed by atoms with E-state index in [1.54, 1.807) is 25.3 Å². The first-order chi connectivity index (χ1) is 15.1. The Morgan fingerprint density at radius 3 is 2.77 bits per heavy atom. The third-order valence-corrected chi connectivity index (χ3v) is 5.12. The molecule has 0 atom stereocenters. The van der Waals surface area contributed by atoms with Crippen LogP contribution in [-0.2, 0) is 24.5 Å². The molecule has 0 fully saturated rings. The molecule has 4 heterocycles. The monoisotopic (exact) mass is 422 g/mol. The maximum absolute atomic E-state index is 13.2. The number of fused-ring (bicyclic) bond motifs is 1. The van der Waals surface area contributed by atoms with E-state index in [-0.39, 0.29) is 12.4 Å². The minimum atomic E-state index is -0.311. The van der Waals surface area contributed by atoms with E-state index >= 15 is 0 Å². The molecule has 158 valence electrons. The molecule has 0 aliphatic carbocycles. The lowest BCUT2D eigenvalue weighted by molar-refractivity contribution is 0.0820. The van der Waals surface area contributed by atoms with E-state index in [2.05, 4.69) is 25.3 Å². The molecular formula is C21H19FN6O3. The van der Waals surface area contributed by atoms with Crippen molar-refractivity contribution in [3.8, 4) is 28.7 Å². The predicted octanol–water partition coefficient (Wildman–Crippen LogP) is 3.26. The number of aryl methyl sites for hydroxylation is 2. The molecule has 31 heavy (non-hydrogen) atoms. The van der Waals surface area contributed by atoms with Crippen LogP contribution in [0.2, 0.25) is 0 Å². The third-order valence-electron chi connectivity index (χ3n) is 5.12. The summed E-state index contributed by atoms with van der Waals surface area (Å²) in [6.07, 6.45) is 1.56. The maximum atomic E-state index is 13.2. The van der Waals surface area contributed by atoms with Crippen LogP contribution in [0.25, 0.3) is 22.8 Å². The van der Waals surface area contributed by atoms with E-state index in [0.29, 0.717) is 54.3 Å². The molecule has 0 radical (unpaired) electrons. The fraction of sp³-hybridized carbons (Fsp3) is 0.286. The van der Waals surface area contributed by atoms with Crippen molar-refractivity contribution in [1.82, 2.24) is 29.9 Å². The van der Waals surface area contributed by atoms with Gasteiger partial charge in [0.25, 0.3) is 0 Å². The van der Waals surface area contributed by atoms with E-state index in [4.69, 9.17) is 14.0 Å². The molecule has 3 aromatic heterocycles. The molecule has 9 nitrogen and oxygen atoms in total. The van der Waals surface area contributed by atoms with E-state index in [1.807, 2.05) is 11.5 Å². The largest absolute Gasteiger partial charge is 0.471 e. The van der Waals surface area contributed by atoms with Gasteiger partial charge in [0, 0.05) is 12.1 Å². The van der Waals surface area contributed by atoms with Crippen LogP contribution in [0.5, 0.6) is 5.88 Å². The highest BCUT2D eigenvalue weighted by Crippen LogP contribution is 2.27. The fourth-order valence-electron chi connectivity index (χ4n) is 3.46. The molecule has 0 saturated carbocycles. The van der Waals surface area contributed by atoms with Gasteiger partial charge in [-0.05, 0) is 38.1 Å². The first kappa shape index (κ1) is 19.3. The summed E-state index contributed by atoms with van der Waals surface area (Å²) in [6, 6.07) is 6.07. The normalized spacial score (nSPS) is 13.3. The number of rotatable bonds is 5. The fourth-order valence-corrected chi connectivity index (χ4v) is 3.46. The van der Waals surface area contributed by atoms with E-state index in [0.717, 1.165) is 17.0 Å². The summed E-state index contributed by atoms with van der Waals surface area (Å²) in [4.78, 5) is 9.03. The van der Waals surface area contributed by atoms with Crippen molar-refractivity contribution in [3.63, 3.8) is 0 Å². The molecule has 4 aromatic rings. The first-order valence-corrected chi connectivity index (χ1v) is 9.78. The molecule has 0 spiro atoms. The highest BCUT2D eigenvalue weighted by molar-refractivity contribution is 5.63. The molecule has 0 amide bonds. The zero-order chi connectivity index (χ0) is 21.4. The highest BCUT2D eigenvalue weighted by Gasteiger charge is 2.21. The first-order valence-electron chi connectivity index (χ1n) is 9.78. The molecule has 0 unspecified atom stereocenters. The van der Waals surface area contributed by atoms with Crippen molar-refractivity contribution in [2.45, 2.75) is 33.6 Å². The van der Waals surface area contributed by atoms with Crippen LogP contribution in [0.4, 0.5) is 4.39 Å². The Balaban J connectivity index is 1.37. The van der Waals surface area contributed by atoms with Crippen LogP contribution in [-0.4, -0.2) is 36.5 Å². The minimum absolute atomic E-state index is 0.188. The summed E-state index contributed by atoms with van der Waals surface area (Å²) in [5, 5.41) is 12.5. The number of aromatic nitrogens is 6. The molecule has 1 aliphatic heterocycles. The second-order valence-electron chi connectivity index (χ2n) is 7.15. The van der Waals surface area contributed by atoms with Gasteiger partial charge in [0.2, 0.25) is 5.88 Å². The molecule has 0 bridgehead atoms. The summed E-state index contributed by atoms with van der Waals surface area (Å²) in [7, 11) is 0. The van der Waals surface area contributed by atoms with Crippen LogP contribution >= 0.6 is 0 Å². The summed E-state index contributed by atoms with van der Waals surface area (Å²) in [5.41, 5.74) is 3.45. The van der Waals surface area contributed by atoms with Gasteiger partial charge < -0.3 is 18.6 Å². The Bertz CT molecular complexity index is 1230. The van der Waals surface area contributed by atoms with Gasteiger partial charge in [-0.2, -0.15) is 0 Å². The van der Waals surface area contributed by atoms with Gasteiger partial charge in [-0.1, -0.05) is 5.16 Å². The van der Waals surface area contributed by atoms with Gasteiger partial charge >= 0.3 is 0 Å². The maximum Gasteiger partial charge on any atom is 0.232 e. The Hall–Kier alpha value is -3.66. The van der Waals surface area contributed by atoms with Crippen LogP contribution in [0.3, 0.4) is 0 Å². The average Bonchev–Trinajstić information content (AvgIpc) is 3.37. The zero-order valence-corrected chi connectivity index (χ0v) is 17.0. The molecule has 5 rings (SSSR count). The lowest BCUT2D eigenvalue weighted by Gasteiger charge is -2.15. The second-order valence-corrected chi connectivity index (χ2v) is 7.15. The Kier molecular flexibility index (Phi) is 4.91. The van der Waals surface area contributed by atoms with Crippen LogP contribution in [0.1, 0.15) is 22.8 Å². The van der Waals surface area contributed by atoms with Gasteiger partial charge in [0.1, 0.15) is 36.2 Å². The van der Waals surface area contributed by atoms with Gasteiger partial charge in [-0.15, -0.1) is 10.2 Å². The Morgan fingerprint density at radius 1 is 1.13 bits per heavy atom. The molecular weight excluding hydrogens is 403 g/mol. The van der Waals surface area contributed by atoms with Crippen LogP contribution in [0, 0.1) is 19.7 Å². The average molecular weight is 422 g/mol. The quantitative estimate of drug-likeness (QED) is 0.483. The second kappa shape index (κ2) is 7.88. The van der Waals surface area contributed by atoms with E-state index in [1.165, 1.54) is 12.1 Å². The van der Waals surface area contributed by atoms with Crippen molar-refractivity contribution < 1.29 is 18.4 Å². The highest BCUT2D eigenvalue weighted by atomic mass is 19.1. The zero-order valence-electron chi connectivity index (χ0n) is 17.0. The van der Waals surface area contributed by atoms with Crippen LogP contribution < -0.4 is 4.74 Å². The summed E-state index contributed by atoms with van der Waals surface area (Å²) in [5.74, 6) is 2.13. The van der Waals surface area contributed by atoms with Gasteiger partial charge in [-0.3, -0.25) is 0 Å². The van der Waals surface area contributed by atoms with Gasteiger partial charge in [0.05, 0.1) is 24.1 Å². The summed E-state index contributed by atoms with van der Waals surface area (Å²) >= 11 is 0. The minimum Gasteiger partial charge on any atom is -0.471 e. The summed E-state index contributed by atoms with van der Waals surface area (Å²) < 4.78 is 31.8. The molecule has 0 saturated heterocycles. The Morgan fingerprint density at radius 2 is 1.97 bits per heavy atom. The van der Waals surface area contributed by atoms with E-state index in [9.17, 15) is 4.39 Å². The standard InChI is InChI=1S/C21H19FN6O3/c1-12-19(21-26-25-17-11-29-8-7-28(17)21)23-9-18(24-12)30-10-16-13(2)31-27-20(16)14-3-5-15(22)6-4-14/h3-6,9H,7-8,10-11H2,1-2H3. The molecule has 0 N–H and O–H groups in total. The lowest BCUT2D eigenvalue weighted by Crippen LogP contribution is -2.18. The predicted molar refractivity (Wildman–Crippen MR) is 106 cm³/mol. The number of hydrogen-bond donors (Lipinski definition) is 0. The molecule has 10 heteroatoms. The SMILES string of the molecule is Cc1nc(OCc2c(-c3ccc(F)cc3)noc2C)cnc1-c1nnc2n1CCOC2. The van der Waals surface area contributed by atoms with Crippen molar-refractivity contribution in [2.75, 3.05) is 6.61 Å². The molecule has 1 aromatic carbocycles. The van der Waals surface area contributed by atoms with Crippen molar-refractivity contribution >= 4 is 0 Å². The van der Waals surface area contributed by atoms with E-state index < -0.39 is 0 Å². The number of halogens is 1. The smallest absolute Gasteiger partial charge is 0.232 e. The Labute approximate surface area is 176 Å².